The number of carboxylic acids is 1. The van der Waals surface area contributed by atoms with Crippen LogP contribution in [-0.2, 0) is 46.3 Å². The van der Waals surface area contributed by atoms with Crippen LogP contribution in [0.5, 0.6) is 0 Å². The standard InChI is InChI=1S/C46H62N6O8/c1-33(2)30-39(44(56)47-25-13-12-20-41(53)50-40(46(58)59)31-35-16-8-4-9-17-35)49-42(54)24-23-37(36-18-10-5-11-19-36)51-45(57)38(22-21-34-14-6-3-7-15-34)48-43(55)32-52-26-28-60-29-27-52/h3-11,14-19,33,37-40H,12-13,20-32H2,1-2H3,(H,47,56)(H,48,55)(H,49,54)(H,50,53)(H,51,57)(H,58,59)/t37?,38-,39-,40-/m0/s1. The molecule has 0 bridgehead atoms. The van der Waals surface area contributed by atoms with E-state index in [1.165, 1.54) is 0 Å². The van der Waals surface area contributed by atoms with E-state index in [0.29, 0.717) is 58.4 Å². The average molecular weight is 827 g/mol. The molecule has 60 heavy (non-hydrogen) atoms. The molecule has 1 unspecified atom stereocenters. The molecule has 0 aromatic heterocycles. The van der Waals surface area contributed by atoms with Gasteiger partial charge in [-0.15, -0.1) is 0 Å². The van der Waals surface area contributed by atoms with Crippen LogP contribution in [-0.4, -0.2) is 103 Å². The van der Waals surface area contributed by atoms with Crippen molar-refractivity contribution in [3.63, 3.8) is 0 Å². The van der Waals surface area contributed by atoms with Crippen LogP contribution in [0.4, 0.5) is 0 Å². The van der Waals surface area contributed by atoms with Gasteiger partial charge >= 0.3 is 5.97 Å². The topological polar surface area (TPSA) is 195 Å². The number of carbonyl (C=O) groups excluding carboxylic acids is 5. The Balaban J connectivity index is 1.29. The van der Waals surface area contributed by atoms with E-state index in [4.69, 9.17) is 4.74 Å². The second-order valence-electron chi connectivity index (χ2n) is 15.7. The van der Waals surface area contributed by atoms with E-state index < -0.39 is 30.1 Å². The van der Waals surface area contributed by atoms with E-state index in [1.54, 1.807) is 0 Å². The minimum absolute atomic E-state index is 0.0243. The van der Waals surface area contributed by atoms with Crippen molar-refractivity contribution < 1.29 is 38.6 Å². The van der Waals surface area contributed by atoms with Crippen molar-refractivity contribution in [2.75, 3.05) is 39.4 Å². The molecule has 1 fully saturated rings. The second kappa shape index (κ2) is 25.8. The molecule has 14 heteroatoms. The minimum atomic E-state index is -1.11. The number of nitrogens with one attached hydrogen (secondary N) is 5. The van der Waals surface area contributed by atoms with Gasteiger partial charge in [-0.1, -0.05) is 105 Å². The lowest BCUT2D eigenvalue weighted by Crippen LogP contribution is -2.51. The van der Waals surface area contributed by atoms with Gasteiger partial charge in [-0.2, -0.15) is 0 Å². The number of unbranched alkanes of at least 4 members (excludes halogenated alkanes) is 1. The van der Waals surface area contributed by atoms with Crippen molar-refractivity contribution >= 4 is 35.5 Å². The Morgan fingerprint density at radius 2 is 1.23 bits per heavy atom. The fourth-order valence-electron chi connectivity index (χ4n) is 7.01. The fourth-order valence-corrected chi connectivity index (χ4v) is 7.01. The highest BCUT2D eigenvalue weighted by Crippen LogP contribution is 2.20. The largest absolute Gasteiger partial charge is 0.480 e. The Morgan fingerprint density at radius 3 is 1.87 bits per heavy atom. The first-order valence-corrected chi connectivity index (χ1v) is 21.1. The quantitative estimate of drug-likeness (QED) is 0.0691. The van der Waals surface area contributed by atoms with E-state index >= 15 is 0 Å². The summed E-state index contributed by atoms with van der Waals surface area (Å²) >= 11 is 0. The Labute approximate surface area is 353 Å². The van der Waals surface area contributed by atoms with Gasteiger partial charge in [0, 0.05) is 38.9 Å². The predicted octanol–water partition coefficient (Wildman–Crippen LogP) is 3.70. The van der Waals surface area contributed by atoms with Crippen LogP contribution < -0.4 is 26.6 Å². The Bertz CT molecular complexity index is 1790. The molecule has 0 saturated carbocycles. The number of hydrogen-bond donors (Lipinski definition) is 6. The number of rotatable bonds is 25. The number of nitrogens with zero attached hydrogens (tertiary/aromatic N) is 1. The van der Waals surface area contributed by atoms with Gasteiger partial charge in [0.15, 0.2) is 0 Å². The lowest BCUT2D eigenvalue weighted by molar-refractivity contribution is -0.141. The van der Waals surface area contributed by atoms with Crippen molar-refractivity contribution in [3.05, 3.63) is 108 Å². The second-order valence-corrected chi connectivity index (χ2v) is 15.7. The summed E-state index contributed by atoms with van der Waals surface area (Å²) in [6.07, 6.45) is 2.83. The van der Waals surface area contributed by atoms with Crippen molar-refractivity contribution in [2.45, 2.75) is 95.8 Å². The molecule has 4 rings (SSSR count). The third-order valence-electron chi connectivity index (χ3n) is 10.3. The molecule has 5 amide bonds. The smallest absolute Gasteiger partial charge is 0.326 e. The van der Waals surface area contributed by atoms with Crippen LogP contribution >= 0.6 is 0 Å². The van der Waals surface area contributed by atoms with Crippen molar-refractivity contribution in [2.24, 2.45) is 5.92 Å². The normalized spacial score (nSPS) is 14.8. The first-order chi connectivity index (χ1) is 29.0. The number of aliphatic carboxylic acids is 1. The van der Waals surface area contributed by atoms with Gasteiger partial charge in [0.2, 0.25) is 29.5 Å². The monoisotopic (exact) mass is 826 g/mol. The van der Waals surface area contributed by atoms with Gasteiger partial charge in [-0.05, 0) is 61.1 Å². The van der Waals surface area contributed by atoms with Crippen molar-refractivity contribution in [1.82, 2.24) is 31.5 Å². The summed E-state index contributed by atoms with van der Waals surface area (Å²) in [6, 6.07) is 25.0. The molecule has 0 spiro atoms. The first-order valence-electron chi connectivity index (χ1n) is 21.1. The molecule has 1 heterocycles. The number of aryl methyl sites for hydroxylation is 1. The molecule has 324 valence electrons. The van der Waals surface area contributed by atoms with Crippen LogP contribution in [0.25, 0.3) is 0 Å². The zero-order valence-electron chi connectivity index (χ0n) is 34.9. The zero-order chi connectivity index (χ0) is 43.1. The SMILES string of the molecule is CC(C)C[C@H](NC(=O)CCC(NC(=O)[C@H](CCc1ccccc1)NC(=O)CN1CCOCC1)c1ccccc1)C(=O)NCCCCC(=O)N[C@@H](Cc1ccccc1)C(=O)O. The predicted molar refractivity (Wildman–Crippen MR) is 228 cm³/mol. The summed E-state index contributed by atoms with van der Waals surface area (Å²) in [5.41, 5.74) is 2.65. The highest BCUT2D eigenvalue weighted by Gasteiger charge is 2.27. The third kappa shape index (κ3) is 17.7. The maximum atomic E-state index is 14.0. The van der Waals surface area contributed by atoms with Gasteiger partial charge in [-0.3, -0.25) is 28.9 Å². The fraction of sp³-hybridized carbons (Fsp3) is 0.478. The van der Waals surface area contributed by atoms with E-state index in [-0.39, 0.29) is 74.2 Å². The molecule has 6 N–H and O–H groups in total. The van der Waals surface area contributed by atoms with Crippen LogP contribution in [0, 0.1) is 5.92 Å². The van der Waals surface area contributed by atoms with Gasteiger partial charge in [0.05, 0.1) is 25.8 Å². The number of amides is 5. The zero-order valence-corrected chi connectivity index (χ0v) is 34.9. The van der Waals surface area contributed by atoms with E-state index in [0.717, 1.165) is 16.7 Å². The third-order valence-corrected chi connectivity index (χ3v) is 10.3. The molecule has 1 aliphatic heterocycles. The Kier molecular flexibility index (Phi) is 20.2. The summed E-state index contributed by atoms with van der Waals surface area (Å²) in [7, 11) is 0. The van der Waals surface area contributed by atoms with Crippen LogP contribution in [0.3, 0.4) is 0 Å². The van der Waals surface area contributed by atoms with E-state index in [9.17, 15) is 33.9 Å². The summed E-state index contributed by atoms with van der Waals surface area (Å²) in [6.45, 7) is 6.74. The molecule has 3 aromatic carbocycles. The van der Waals surface area contributed by atoms with E-state index in [2.05, 4.69) is 26.6 Å². The van der Waals surface area contributed by atoms with Crippen LogP contribution in [0.2, 0.25) is 0 Å². The molecular formula is C46H62N6O8. The van der Waals surface area contributed by atoms with Gasteiger partial charge in [0.25, 0.3) is 0 Å². The van der Waals surface area contributed by atoms with Gasteiger partial charge in [0.1, 0.15) is 18.1 Å². The molecule has 4 atom stereocenters. The van der Waals surface area contributed by atoms with Crippen LogP contribution in [0.15, 0.2) is 91.0 Å². The molecule has 3 aromatic rings. The molecule has 1 saturated heterocycles. The Morgan fingerprint density at radius 1 is 0.650 bits per heavy atom. The lowest BCUT2D eigenvalue weighted by Gasteiger charge is -2.28. The number of benzene rings is 3. The van der Waals surface area contributed by atoms with E-state index in [1.807, 2.05) is 110 Å². The number of carbonyl (C=O) groups is 6. The first kappa shape index (κ1) is 47.1. The number of carboxylic acid groups (broad SMARTS) is 1. The number of morpholine rings is 1. The maximum absolute atomic E-state index is 14.0. The lowest BCUT2D eigenvalue weighted by atomic mass is 9.99. The summed E-state index contributed by atoms with van der Waals surface area (Å²) < 4.78 is 5.41. The minimum Gasteiger partial charge on any atom is -0.480 e. The highest BCUT2D eigenvalue weighted by atomic mass is 16.5. The van der Waals surface area contributed by atoms with Gasteiger partial charge in [-0.25, -0.2) is 4.79 Å². The highest BCUT2D eigenvalue weighted by molar-refractivity contribution is 5.89. The van der Waals surface area contributed by atoms with Crippen LogP contribution in [0.1, 0.15) is 81.5 Å². The molecule has 0 radical (unpaired) electrons. The van der Waals surface area contributed by atoms with Crippen molar-refractivity contribution in [3.8, 4) is 0 Å². The summed E-state index contributed by atoms with van der Waals surface area (Å²) in [5, 5.41) is 24.0. The van der Waals surface area contributed by atoms with Gasteiger partial charge < -0.3 is 36.4 Å². The number of hydrogen-bond acceptors (Lipinski definition) is 8. The maximum Gasteiger partial charge on any atom is 0.326 e. The molecule has 0 aliphatic carbocycles. The average Bonchev–Trinajstić information content (AvgIpc) is 3.24. The molecular weight excluding hydrogens is 765 g/mol. The summed E-state index contributed by atoms with van der Waals surface area (Å²) in [4.78, 5) is 80.1. The molecule has 14 nitrogen and oxygen atoms in total. The summed E-state index contributed by atoms with van der Waals surface area (Å²) in [5.74, 6) is -2.66. The number of ether oxygens (including phenoxy) is 1. The molecule has 1 aliphatic rings. The van der Waals surface area contributed by atoms with Crippen molar-refractivity contribution in [1.29, 1.82) is 0 Å². The Hall–Kier alpha value is -5.60.